The van der Waals surface area contributed by atoms with E-state index >= 15 is 0 Å². The summed E-state index contributed by atoms with van der Waals surface area (Å²) < 4.78 is 178. The van der Waals surface area contributed by atoms with Gasteiger partial charge in [0.05, 0.1) is 0 Å². The van der Waals surface area contributed by atoms with E-state index < -0.39 is 49.5 Å². The highest BCUT2D eigenvalue weighted by Crippen LogP contribution is 2.61. The first-order valence-corrected chi connectivity index (χ1v) is 8.60. The largest absolute Gasteiger partial charge is 0.460 e. The number of allylic oxidation sites excluding steroid dienone is 1. The molecule has 16 heteroatoms. The van der Waals surface area contributed by atoms with Crippen LogP contribution < -0.4 is 0 Å². The predicted octanol–water partition coefficient (Wildman–Crippen LogP) is 5.19. The quantitative estimate of drug-likeness (QED) is 0.375. The fraction of sp³-hybridized carbons (Fsp3) is 0.818. The van der Waals surface area contributed by atoms with Crippen molar-refractivity contribution in [2.45, 2.75) is 42.3 Å². The summed E-state index contributed by atoms with van der Waals surface area (Å²) in [6, 6.07) is 0. The van der Waals surface area contributed by atoms with Gasteiger partial charge in [0, 0.05) is 19.4 Å². The average Bonchev–Trinajstić information content (AvgIpc) is 2.51. The van der Waals surface area contributed by atoms with Crippen molar-refractivity contribution in [1.82, 2.24) is 0 Å². The molecule has 0 aromatic heterocycles. The first-order valence-electron chi connectivity index (χ1n) is 6.29. The molecule has 0 saturated carbocycles. The Morgan fingerprint density at radius 1 is 0.630 bits per heavy atom. The normalized spacial score (nSPS) is 15.9. The van der Waals surface area contributed by atoms with E-state index in [-0.39, 0.29) is 0 Å². The molecule has 27 heavy (non-hydrogen) atoms. The minimum Gasteiger partial charge on any atom is -0.395 e. The van der Waals surface area contributed by atoms with E-state index in [0.717, 1.165) is 0 Å². The van der Waals surface area contributed by atoms with Crippen molar-refractivity contribution in [2.24, 2.45) is 0 Å². The van der Waals surface area contributed by atoms with Crippen molar-refractivity contribution in [3.05, 3.63) is 11.8 Å². The molecule has 2 nitrogen and oxygen atoms in total. The lowest BCUT2D eigenvalue weighted by molar-refractivity contribution is -0.436. The molecule has 162 valence electrons. The number of hydrogen-bond donors (Lipinski definition) is 0. The molecule has 0 aromatic rings. The fourth-order valence-electron chi connectivity index (χ4n) is 1.57. The SMILES string of the molecule is C=C(C(F)(F)C(F)(F)C(F)(F)C(F)(F)C(F)(F)C(F)(F)F)[Si](C)(OC)OC. The summed E-state index contributed by atoms with van der Waals surface area (Å²) in [6.07, 6.45) is -7.45. The summed E-state index contributed by atoms with van der Waals surface area (Å²) in [5.41, 5.74) is 0. The Balaban J connectivity index is 6.52. The zero-order valence-corrected chi connectivity index (χ0v) is 14.4. The van der Waals surface area contributed by atoms with Crippen LogP contribution in [0.3, 0.4) is 0 Å². The van der Waals surface area contributed by atoms with Gasteiger partial charge in [0.1, 0.15) is 0 Å². The molecule has 0 aromatic carbocycles. The molecule has 0 amide bonds. The number of rotatable bonds is 8. The van der Waals surface area contributed by atoms with Crippen LogP contribution in [0.2, 0.25) is 6.55 Å². The maximum absolute atomic E-state index is 13.9. The van der Waals surface area contributed by atoms with Gasteiger partial charge in [0.15, 0.2) is 0 Å². The van der Waals surface area contributed by atoms with Gasteiger partial charge in [-0.25, -0.2) is 0 Å². The third kappa shape index (κ3) is 3.43. The Morgan fingerprint density at radius 3 is 1.19 bits per heavy atom. The molecule has 0 N–H and O–H groups in total. The second-order valence-electron chi connectivity index (χ2n) is 5.20. The average molecular weight is 450 g/mol. The van der Waals surface area contributed by atoms with E-state index in [1.807, 2.05) is 0 Å². The highest BCUT2D eigenvalue weighted by Gasteiger charge is 2.91. The van der Waals surface area contributed by atoms with E-state index in [1.165, 1.54) is 0 Å². The topological polar surface area (TPSA) is 18.5 Å². The van der Waals surface area contributed by atoms with E-state index in [4.69, 9.17) is 0 Å². The van der Waals surface area contributed by atoms with Gasteiger partial charge >= 0.3 is 44.3 Å². The predicted molar refractivity (Wildman–Crippen MR) is 65.6 cm³/mol. The smallest absolute Gasteiger partial charge is 0.395 e. The Bertz CT molecular complexity index is 565. The lowest BCUT2D eigenvalue weighted by Gasteiger charge is -2.41. The highest BCUT2D eigenvalue weighted by molar-refractivity contribution is 6.74. The van der Waals surface area contributed by atoms with Crippen molar-refractivity contribution in [3.8, 4) is 0 Å². The van der Waals surface area contributed by atoms with Crippen LogP contribution in [-0.2, 0) is 8.85 Å². The van der Waals surface area contributed by atoms with Gasteiger partial charge in [-0.05, 0) is 6.55 Å². The van der Waals surface area contributed by atoms with Crippen molar-refractivity contribution in [3.63, 3.8) is 0 Å². The Kier molecular flexibility index (Phi) is 6.53. The van der Waals surface area contributed by atoms with Gasteiger partial charge in [0.25, 0.3) is 0 Å². The number of alkyl halides is 13. The minimum atomic E-state index is -7.95. The molecule has 0 heterocycles. The van der Waals surface area contributed by atoms with Crippen LogP contribution in [0.4, 0.5) is 57.1 Å². The lowest BCUT2D eigenvalue weighted by Crippen LogP contribution is -2.71. The lowest BCUT2D eigenvalue weighted by atomic mass is 9.94. The second kappa shape index (κ2) is 6.79. The summed E-state index contributed by atoms with van der Waals surface area (Å²) in [4.78, 5) is 0. The maximum Gasteiger partial charge on any atom is 0.460 e. The molecule has 0 saturated heterocycles. The highest BCUT2D eigenvalue weighted by atomic mass is 28.4. The molecular weight excluding hydrogens is 439 g/mol. The van der Waals surface area contributed by atoms with Gasteiger partial charge in [-0.1, -0.05) is 6.58 Å². The monoisotopic (exact) mass is 450 g/mol. The fourth-order valence-corrected chi connectivity index (χ4v) is 2.96. The number of halogens is 13. The summed E-state index contributed by atoms with van der Waals surface area (Å²) >= 11 is 0. The molecule has 0 spiro atoms. The zero-order chi connectivity index (χ0) is 22.5. The molecule has 0 aliphatic rings. The third-order valence-corrected chi connectivity index (χ3v) is 6.61. The first-order chi connectivity index (χ1) is 11.5. The van der Waals surface area contributed by atoms with Crippen LogP contribution in [0.15, 0.2) is 11.8 Å². The Labute approximate surface area is 144 Å². The molecule has 0 bridgehead atoms. The Morgan fingerprint density at radius 2 is 0.926 bits per heavy atom. The molecule has 0 rings (SSSR count). The van der Waals surface area contributed by atoms with Crippen molar-refractivity contribution in [1.29, 1.82) is 0 Å². The maximum atomic E-state index is 13.9. The van der Waals surface area contributed by atoms with E-state index in [0.29, 0.717) is 20.8 Å². The molecule has 0 aliphatic carbocycles. The number of hydrogen-bond acceptors (Lipinski definition) is 2. The Hall–Kier alpha value is -1.03. The summed E-state index contributed by atoms with van der Waals surface area (Å²) in [5, 5.41) is -2.31. The van der Waals surface area contributed by atoms with Gasteiger partial charge < -0.3 is 8.85 Å². The van der Waals surface area contributed by atoms with E-state index in [1.54, 1.807) is 0 Å². The van der Waals surface area contributed by atoms with Crippen LogP contribution in [0.1, 0.15) is 0 Å². The zero-order valence-electron chi connectivity index (χ0n) is 13.4. The third-order valence-electron chi connectivity index (χ3n) is 3.64. The van der Waals surface area contributed by atoms with Gasteiger partial charge in [-0.3, -0.25) is 0 Å². The minimum absolute atomic E-state index is 0.528. The first kappa shape index (κ1) is 26.0. The molecular formula is C11H11F13O2Si. The van der Waals surface area contributed by atoms with E-state index in [2.05, 4.69) is 15.4 Å². The molecule has 0 unspecified atom stereocenters. The summed E-state index contributed by atoms with van der Waals surface area (Å²) in [6.45, 7) is 2.83. The van der Waals surface area contributed by atoms with Crippen LogP contribution in [-0.4, -0.2) is 58.6 Å². The molecule has 0 fully saturated rings. The van der Waals surface area contributed by atoms with Gasteiger partial charge in [0.2, 0.25) is 0 Å². The second-order valence-corrected chi connectivity index (χ2v) is 8.51. The summed E-state index contributed by atoms with van der Waals surface area (Å²) in [5.74, 6) is -37.5. The van der Waals surface area contributed by atoms with Crippen LogP contribution in [0.5, 0.6) is 0 Å². The van der Waals surface area contributed by atoms with Crippen LogP contribution in [0.25, 0.3) is 0 Å². The van der Waals surface area contributed by atoms with Crippen LogP contribution in [0, 0.1) is 0 Å². The summed E-state index contributed by atoms with van der Waals surface area (Å²) in [7, 11) is -3.54. The van der Waals surface area contributed by atoms with E-state index in [9.17, 15) is 57.1 Å². The van der Waals surface area contributed by atoms with Crippen molar-refractivity contribution < 1.29 is 65.9 Å². The standard InChI is InChI=1S/C11H11F13O2Si/c1-5(27(4,25-2)26-3)6(12,13)7(14,15)8(16,17)9(18,19)10(20,21)11(22,23)24/h1H2,2-4H3. The van der Waals surface area contributed by atoms with Crippen molar-refractivity contribution in [2.75, 3.05) is 14.2 Å². The van der Waals surface area contributed by atoms with Gasteiger partial charge in [-0.15, -0.1) is 0 Å². The molecule has 0 radical (unpaired) electrons. The van der Waals surface area contributed by atoms with Gasteiger partial charge in [-0.2, -0.15) is 57.1 Å². The van der Waals surface area contributed by atoms with Crippen LogP contribution >= 0.6 is 0 Å². The molecule has 0 atom stereocenters. The molecule has 0 aliphatic heterocycles. The van der Waals surface area contributed by atoms with Crippen molar-refractivity contribution >= 4 is 8.56 Å².